The first-order chi connectivity index (χ1) is 10.1. The normalized spacial score (nSPS) is 17.5. The van der Waals surface area contributed by atoms with Crippen LogP contribution in [-0.4, -0.2) is 61.1 Å². The van der Waals surface area contributed by atoms with Crippen molar-refractivity contribution in [3.63, 3.8) is 0 Å². The van der Waals surface area contributed by atoms with E-state index in [0.717, 1.165) is 32.1 Å². The molecule has 1 saturated heterocycles. The van der Waals surface area contributed by atoms with Crippen LogP contribution in [0.5, 0.6) is 0 Å². The Balaban J connectivity index is 0.00000441. The molecule has 0 radical (unpaired) electrons. The van der Waals surface area contributed by atoms with Gasteiger partial charge in [-0.2, -0.15) is 11.8 Å². The molecule has 1 heterocycles. The average Bonchev–Trinajstić information content (AvgIpc) is 2.73. The predicted octanol–water partition coefficient (Wildman–Crippen LogP) is 3.18. The van der Waals surface area contributed by atoms with E-state index in [2.05, 4.69) is 42.6 Å². The molecule has 1 aliphatic rings. The van der Waals surface area contributed by atoms with Gasteiger partial charge in [-0.15, -0.1) is 24.0 Å². The maximum Gasteiger partial charge on any atom is 0.191 e. The summed E-state index contributed by atoms with van der Waals surface area (Å²) >= 11 is 1.87. The minimum absolute atomic E-state index is 0. The molecule has 0 aromatic heterocycles. The minimum Gasteiger partial charge on any atom is -0.357 e. The van der Waals surface area contributed by atoms with Crippen molar-refractivity contribution in [2.24, 2.45) is 4.99 Å². The quantitative estimate of drug-likeness (QED) is 0.361. The van der Waals surface area contributed by atoms with E-state index in [0.29, 0.717) is 0 Å². The van der Waals surface area contributed by atoms with E-state index >= 15 is 0 Å². The third kappa shape index (κ3) is 10.2. The maximum absolute atomic E-state index is 4.71. The Labute approximate surface area is 158 Å². The summed E-state index contributed by atoms with van der Waals surface area (Å²) in [5.74, 6) is 0.953. The molecule has 1 rings (SSSR count). The van der Waals surface area contributed by atoms with E-state index in [-0.39, 0.29) is 28.7 Å². The van der Waals surface area contributed by atoms with Crippen LogP contribution in [-0.2, 0) is 0 Å². The number of guanidine groups is 1. The molecule has 0 aromatic rings. The number of rotatable bonds is 7. The highest BCUT2D eigenvalue weighted by molar-refractivity contribution is 14.0. The molecule has 0 unspecified atom stereocenters. The Kier molecular flexibility index (Phi) is 12.9. The Morgan fingerprint density at radius 2 is 1.77 bits per heavy atom. The Morgan fingerprint density at radius 3 is 2.32 bits per heavy atom. The van der Waals surface area contributed by atoms with Crippen LogP contribution in [0.1, 0.15) is 46.5 Å². The second-order valence-electron chi connectivity index (χ2n) is 6.34. The van der Waals surface area contributed by atoms with Crippen molar-refractivity contribution in [2.45, 2.75) is 51.2 Å². The molecule has 0 amide bonds. The smallest absolute Gasteiger partial charge is 0.191 e. The van der Waals surface area contributed by atoms with Crippen molar-refractivity contribution in [3.8, 4) is 0 Å². The number of likely N-dealkylation sites (tertiary alicyclic amines) is 1. The van der Waals surface area contributed by atoms with Gasteiger partial charge in [0.05, 0.1) is 6.54 Å². The number of hydrogen-bond acceptors (Lipinski definition) is 3. The summed E-state index contributed by atoms with van der Waals surface area (Å²) in [7, 11) is 0. The first kappa shape index (κ1) is 22.3. The fraction of sp³-hybridized carbons (Fsp3) is 0.938. The SMILES string of the molecule is CCNC(=NCC(C)(C)SC)NCCN1CCCCCC1.I. The summed E-state index contributed by atoms with van der Waals surface area (Å²) in [6, 6.07) is 0. The molecule has 0 atom stereocenters. The molecule has 1 fully saturated rings. The lowest BCUT2D eigenvalue weighted by atomic mass is 10.2. The van der Waals surface area contributed by atoms with E-state index in [1.165, 1.54) is 38.8 Å². The molecule has 0 spiro atoms. The summed E-state index contributed by atoms with van der Waals surface area (Å²) in [6.07, 6.45) is 7.66. The molecule has 2 N–H and O–H groups in total. The van der Waals surface area contributed by atoms with E-state index < -0.39 is 0 Å². The Hall–Kier alpha value is 0.310. The van der Waals surface area contributed by atoms with E-state index in [9.17, 15) is 0 Å². The van der Waals surface area contributed by atoms with Crippen LogP contribution in [0.3, 0.4) is 0 Å². The average molecular weight is 442 g/mol. The monoisotopic (exact) mass is 442 g/mol. The molecular weight excluding hydrogens is 407 g/mol. The fourth-order valence-corrected chi connectivity index (χ4v) is 2.56. The largest absolute Gasteiger partial charge is 0.357 e. The number of thioether (sulfide) groups is 1. The predicted molar refractivity (Wildman–Crippen MR) is 112 cm³/mol. The van der Waals surface area contributed by atoms with Crippen molar-refractivity contribution in [1.82, 2.24) is 15.5 Å². The van der Waals surface area contributed by atoms with Crippen molar-refractivity contribution in [3.05, 3.63) is 0 Å². The highest BCUT2D eigenvalue weighted by Gasteiger charge is 2.15. The first-order valence-corrected chi connectivity index (χ1v) is 9.59. The number of nitrogens with zero attached hydrogens (tertiary/aromatic N) is 2. The fourth-order valence-electron chi connectivity index (χ4n) is 2.37. The van der Waals surface area contributed by atoms with Crippen LogP contribution in [0.15, 0.2) is 4.99 Å². The summed E-state index contributed by atoms with van der Waals surface area (Å²) in [4.78, 5) is 7.29. The number of aliphatic imine (C=N–C) groups is 1. The van der Waals surface area contributed by atoms with Gasteiger partial charge < -0.3 is 15.5 Å². The lowest BCUT2D eigenvalue weighted by Gasteiger charge is -2.22. The standard InChI is InChI=1S/C16H34N4S.HI/c1-5-17-15(19-14-16(2,3)21-4)18-10-13-20-11-8-6-7-9-12-20;/h5-14H2,1-4H3,(H2,17,18,19);1H. The van der Waals surface area contributed by atoms with Crippen molar-refractivity contribution >= 4 is 41.7 Å². The Bertz CT molecular complexity index is 303. The van der Waals surface area contributed by atoms with Crippen LogP contribution >= 0.6 is 35.7 Å². The van der Waals surface area contributed by atoms with Gasteiger partial charge in [-0.25, -0.2) is 0 Å². The Morgan fingerprint density at radius 1 is 1.14 bits per heavy atom. The molecule has 0 saturated carbocycles. The minimum atomic E-state index is 0. The van der Waals surface area contributed by atoms with Gasteiger partial charge in [-0.1, -0.05) is 12.8 Å². The molecular formula is C16H35IN4S. The molecule has 0 aromatic carbocycles. The zero-order valence-electron chi connectivity index (χ0n) is 14.8. The van der Waals surface area contributed by atoms with E-state index in [4.69, 9.17) is 4.99 Å². The highest BCUT2D eigenvalue weighted by Crippen LogP contribution is 2.20. The van der Waals surface area contributed by atoms with Gasteiger partial charge in [0.15, 0.2) is 5.96 Å². The van der Waals surface area contributed by atoms with Gasteiger partial charge in [-0.3, -0.25) is 4.99 Å². The number of hydrogen-bond donors (Lipinski definition) is 2. The van der Waals surface area contributed by atoms with Crippen LogP contribution < -0.4 is 10.6 Å². The second-order valence-corrected chi connectivity index (χ2v) is 7.86. The molecule has 22 heavy (non-hydrogen) atoms. The highest BCUT2D eigenvalue weighted by atomic mass is 127. The zero-order chi connectivity index (χ0) is 15.6. The second kappa shape index (κ2) is 12.7. The molecule has 132 valence electrons. The number of nitrogens with one attached hydrogen (secondary N) is 2. The summed E-state index contributed by atoms with van der Waals surface area (Å²) < 4.78 is 0.202. The van der Waals surface area contributed by atoms with E-state index in [1.54, 1.807) is 0 Å². The van der Waals surface area contributed by atoms with Gasteiger partial charge in [-0.05, 0) is 53.0 Å². The first-order valence-electron chi connectivity index (χ1n) is 8.37. The molecule has 0 bridgehead atoms. The lowest BCUT2D eigenvalue weighted by Crippen LogP contribution is -2.42. The summed E-state index contributed by atoms with van der Waals surface area (Å²) in [6.45, 7) is 13.0. The van der Waals surface area contributed by atoms with Crippen LogP contribution in [0.25, 0.3) is 0 Å². The van der Waals surface area contributed by atoms with Crippen molar-refractivity contribution in [1.29, 1.82) is 0 Å². The third-order valence-electron chi connectivity index (χ3n) is 3.93. The molecule has 1 aliphatic heterocycles. The maximum atomic E-state index is 4.71. The van der Waals surface area contributed by atoms with Gasteiger partial charge in [0.25, 0.3) is 0 Å². The van der Waals surface area contributed by atoms with Crippen LogP contribution in [0.4, 0.5) is 0 Å². The van der Waals surface area contributed by atoms with Crippen molar-refractivity contribution in [2.75, 3.05) is 45.5 Å². The van der Waals surface area contributed by atoms with Crippen LogP contribution in [0.2, 0.25) is 0 Å². The summed E-state index contributed by atoms with van der Waals surface area (Å²) in [5.41, 5.74) is 0. The van der Waals surface area contributed by atoms with Gasteiger partial charge in [0.1, 0.15) is 0 Å². The lowest BCUT2D eigenvalue weighted by molar-refractivity contribution is 0.289. The van der Waals surface area contributed by atoms with E-state index in [1.807, 2.05) is 11.8 Å². The molecule has 0 aliphatic carbocycles. The topological polar surface area (TPSA) is 39.7 Å². The van der Waals surface area contributed by atoms with Gasteiger partial charge in [0.2, 0.25) is 0 Å². The number of halogens is 1. The van der Waals surface area contributed by atoms with Gasteiger partial charge >= 0.3 is 0 Å². The molecule has 4 nitrogen and oxygen atoms in total. The third-order valence-corrected chi connectivity index (χ3v) is 5.17. The van der Waals surface area contributed by atoms with Gasteiger partial charge in [0, 0.05) is 24.4 Å². The van der Waals surface area contributed by atoms with Crippen molar-refractivity contribution < 1.29 is 0 Å². The summed E-state index contributed by atoms with van der Waals surface area (Å²) in [5, 5.41) is 6.81. The molecule has 6 heteroatoms. The van der Waals surface area contributed by atoms with Crippen LogP contribution in [0, 0.1) is 0 Å². The zero-order valence-corrected chi connectivity index (χ0v) is 17.9.